The van der Waals surface area contributed by atoms with E-state index < -0.39 is 0 Å². The van der Waals surface area contributed by atoms with Gasteiger partial charge in [-0.1, -0.05) is 43.7 Å². The molecule has 158 valence electrons. The van der Waals surface area contributed by atoms with Gasteiger partial charge >= 0.3 is 0 Å². The zero-order chi connectivity index (χ0) is 21.3. The van der Waals surface area contributed by atoms with Crippen molar-refractivity contribution in [2.45, 2.75) is 34.1 Å². The van der Waals surface area contributed by atoms with Gasteiger partial charge in [0.25, 0.3) is 0 Å². The van der Waals surface area contributed by atoms with Crippen LogP contribution in [0.15, 0.2) is 36.5 Å². The summed E-state index contributed by atoms with van der Waals surface area (Å²) >= 11 is 0. The second-order valence-corrected chi connectivity index (χ2v) is 7.98. The van der Waals surface area contributed by atoms with E-state index in [2.05, 4.69) is 68.2 Å². The summed E-state index contributed by atoms with van der Waals surface area (Å²) in [6, 6.07) is 11.0. The first-order valence-electron chi connectivity index (χ1n) is 10.9. The number of pyridine rings is 1. The number of nitrogens with zero attached hydrogens (tertiary/aromatic N) is 3. The Morgan fingerprint density at radius 1 is 1.07 bits per heavy atom. The molecule has 0 aliphatic carbocycles. The topological polar surface area (TPSA) is 42.3 Å². The Hall–Kier alpha value is -2.79. The molecule has 4 rings (SSSR count). The fourth-order valence-electron chi connectivity index (χ4n) is 4.46. The van der Waals surface area contributed by atoms with E-state index in [0.717, 1.165) is 60.4 Å². The predicted molar refractivity (Wildman–Crippen MR) is 128 cm³/mol. The largest absolute Gasteiger partial charge is 0.416 e. The van der Waals surface area contributed by atoms with Gasteiger partial charge in [-0.3, -0.25) is 0 Å². The maximum Gasteiger partial charge on any atom is 0.136 e. The molecule has 0 atom stereocenters. The summed E-state index contributed by atoms with van der Waals surface area (Å²) in [6.07, 6.45) is 3.03. The van der Waals surface area contributed by atoms with E-state index in [1.807, 2.05) is 10.9 Å². The number of rotatable bonds is 8. The van der Waals surface area contributed by atoms with Crippen molar-refractivity contribution in [1.29, 1.82) is 0 Å². The Labute approximate surface area is 178 Å². The molecule has 0 spiro atoms. The summed E-state index contributed by atoms with van der Waals surface area (Å²) < 4.78 is 1.95. The van der Waals surface area contributed by atoms with Crippen LogP contribution in [-0.2, 0) is 0 Å². The van der Waals surface area contributed by atoms with Gasteiger partial charge in [-0.15, -0.1) is 0 Å². The second-order valence-electron chi connectivity index (χ2n) is 7.98. The molecule has 0 aliphatic rings. The molecule has 1 N–H and O–H groups in total. The highest BCUT2D eigenvalue weighted by Crippen LogP contribution is 2.38. The van der Waals surface area contributed by atoms with Crippen LogP contribution in [-0.4, -0.2) is 47.9 Å². The average Bonchev–Trinajstić information content (AvgIpc) is 3.10. The van der Waals surface area contributed by atoms with Crippen molar-refractivity contribution in [3.8, 4) is 0 Å². The number of aromatic nitrogens is 2. The molecule has 0 radical (unpaired) electrons. The Bertz CT molecular complexity index is 1190. The first kappa shape index (κ1) is 20.5. The van der Waals surface area contributed by atoms with Crippen LogP contribution in [0.4, 0.5) is 5.82 Å². The minimum absolute atomic E-state index is 0.894. The molecular weight excluding hydrogens is 372 g/mol. The van der Waals surface area contributed by atoms with Crippen molar-refractivity contribution in [1.82, 2.24) is 14.6 Å². The van der Waals surface area contributed by atoms with Gasteiger partial charge in [0.15, 0.2) is 0 Å². The van der Waals surface area contributed by atoms with Crippen LogP contribution in [0.1, 0.15) is 31.4 Å². The minimum Gasteiger partial charge on any atom is -0.416 e. The smallest absolute Gasteiger partial charge is 0.136 e. The number of hydrogen-bond acceptors (Lipinski definition) is 4. The predicted octanol–water partition coefficient (Wildman–Crippen LogP) is 5.16. The van der Waals surface area contributed by atoms with E-state index in [9.17, 15) is 0 Å². The third-order valence-corrected chi connectivity index (χ3v) is 6.08. The molecule has 0 unspecified atom stereocenters. The van der Waals surface area contributed by atoms with Crippen molar-refractivity contribution >= 4 is 38.4 Å². The maximum absolute atomic E-state index is 5.83. The van der Waals surface area contributed by atoms with Gasteiger partial charge in [-0.05, 0) is 62.3 Å². The molecular formula is C25H32N4O. The van der Waals surface area contributed by atoms with E-state index in [-0.39, 0.29) is 0 Å². The lowest BCUT2D eigenvalue weighted by atomic mass is 10.0. The molecule has 30 heavy (non-hydrogen) atoms. The number of nitrogens with one attached hydrogen (secondary N) is 1. The van der Waals surface area contributed by atoms with E-state index in [4.69, 9.17) is 9.82 Å². The minimum atomic E-state index is 0.894. The highest BCUT2D eigenvalue weighted by molar-refractivity contribution is 6.24. The van der Waals surface area contributed by atoms with Gasteiger partial charge in [-0.25, -0.2) is 4.98 Å². The standard InChI is InChI=1S/C25H32N4O/c1-6-28(7-2)14-8-13-26-25-23-22-20-11-9-17(3)15-19(20)10-12-21(22)29(30-5)24(23)18(4)16-27-25/h9-12,15-16H,6-8,13-14H2,1-5H3,(H,26,27). The quantitative estimate of drug-likeness (QED) is 0.412. The van der Waals surface area contributed by atoms with Gasteiger partial charge in [0.1, 0.15) is 12.9 Å². The van der Waals surface area contributed by atoms with E-state index in [0.29, 0.717) is 0 Å². The van der Waals surface area contributed by atoms with Crippen LogP contribution in [0, 0.1) is 13.8 Å². The molecule has 0 saturated heterocycles. The Balaban J connectivity index is 1.85. The summed E-state index contributed by atoms with van der Waals surface area (Å²) in [7, 11) is 1.73. The molecule has 2 aromatic heterocycles. The molecule has 5 heteroatoms. The molecule has 5 nitrogen and oxygen atoms in total. The SMILES string of the molecule is CCN(CC)CCCNc1ncc(C)c2c1c1c3ccc(C)cc3ccc1n2OC. The number of anilines is 1. The summed E-state index contributed by atoms with van der Waals surface area (Å²) in [4.78, 5) is 13.1. The van der Waals surface area contributed by atoms with Crippen molar-refractivity contribution < 1.29 is 4.84 Å². The lowest BCUT2D eigenvalue weighted by molar-refractivity contribution is 0.190. The molecule has 0 bridgehead atoms. The van der Waals surface area contributed by atoms with E-state index in [1.165, 1.54) is 21.7 Å². The van der Waals surface area contributed by atoms with E-state index >= 15 is 0 Å². The summed E-state index contributed by atoms with van der Waals surface area (Å²) in [6.45, 7) is 12.8. The van der Waals surface area contributed by atoms with Crippen molar-refractivity contribution in [3.05, 3.63) is 47.7 Å². The number of hydrogen-bond donors (Lipinski definition) is 1. The molecule has 2 heterocycles. The first-order valence-corrected chi connectivity index (χ1v) is 10.9. The fraction of sp³-hybridized carbons (Fsp3) is 0.400. The maximum atomic E-state index is 5.83. The molecule has 0 aliphatic heterocycles. The summed E-state index contributed by atoms with van der Waals surface area (Å²) in [5, 5.41) is 8.44. The lowest BCUT2D eigenvalue weighted by Gasteiger charge is -2.18. The van der Waals surface area contributed by atoms with Crippen LogP contribution in [0.3, 0.4) is 0 Å². The number of aryl methyl sites for hydroxylation is 2. The third-order valence-electron chi connectivity index (χ3n) is 6.08. The number of fused-ring (bicyclic) bond motifs is 5. The van der Waals surface area contributed by atoms with Crippen LogP contribution >= 0.6 is 0 Å². The van der Waals surface area contributed by atoms with E-state index in [1.54, 1.807) is 7.11 Å². The molecule has 4 aromatic rings. The van der Waals surface area contributed by atoms with Gasteiger partial charge in [0.05, 0.1) is 16.4 Å². The normalized spacial score (nSPS) is 11.8. The van der Waals surface area contributed by atoms with Crippen LogP contribution in [0.2, 0.25) is 0 Å². The summed E-state index contributed by atoms with van der Waals surface area (Å²) in [5.41, 5.74) is 4.53. The van der Waals surface area contributed by atoms with Crippen LogP contribution < -0.4 is 10.2 Å². The molecule has 0 saturated carbocycles. The van der Waals surface area contributed by atoms with Gasteiger partial charge < -0.3 is 15.1 Å². The van der Waals surface area contributed by atoms with Gasteiger partial charge in [0, 0.05) is 18.1 Å². The zero-order valence-corrected chi connectivity index (χ0v) is 18.7. The monoisotopic (exact) mass is 404 g/mol. The third kappa shape index (κ3) is 3.47. The Morgan fingerprint density at radius 2 is 1.87 bits per heavy atom. The van der Waals surface area contributed by atoms with Crippen molar-refractivity contribution in [2.24, 2.45) is 0 Å². The molecule has 0 fully saturated rings. The highest BCUT2D eigenvalue weighted by atomic mass is 16.6. The number of benzene rings is 2. The molecule has 2 aromatic carbocycles. The van der Waals surface area contributed by atoms with Crippen molar-refractivity contribution in [3.63, 3.8) is 0 Å². The first-order chi connectivity index (χ1) is 14.6. The van der Waals surface area contributed by atoms with Crippen LogP contribution in [0.5, 0.6) is 0 Å². The van der Waals surface area contributed by atoms with Gasteiger partial charge in [-0.2, -0.15) is 4.73 Å². The van der Waals surface area contributed by atoms with Gasteiger partial charge in [0.2, 0.25) is 0 Å². The lowest BCUT2D eigenvalue weighted by Crippen LogP contribution is -2.25. The second kappa shape index (κ2) is 8.52. The highest BCUT2D eigenvalue weighted by Gasteiger charge is 2.19. The average molecular weight is 405 g/mol. The fourth-order valence-corrected chi connectivity index (χ4v) is 4.46. The Morgan fingerprint density at radius 3 is 2.60 bits per heavy atom. The van der Waals surface area contributed by atoms with Crippen molar-refractivity contribution in [2.75, 3.05) is 38.6 Å². The zero-order valence-electron chi connectivity index (χ0n) is 18.7. The Kier molecular flexibility index (Phi) is 5.82. The molecule has 0 amide bonds. The van der Waals surface area contributed by atoms with Crippen LogP contribution in [0.25, 0.3) is 32.6 Å². The summed E-state index contributed by atoms with van der Waals surface area (Å²) in [5.74, 6) is 0.934.